The third-order valence-corrected chi connectivity index (χ3v) is 5.23. The van der Waals surface area contributed by atoms with E-state index in [1.165, 1.54) is 0 Å². The first-order valence-electron chi connectivity index (χ1n) is 9.69. The van der Waals surface area contributed by atoms with Crippen LogP contribution in [0, 0.1) is 0 Å². The zero-order chi connectivity index (χ0) is 21.1. The van der Waals surface area contributed by atoms with Gasteiger partial charge >= 0.3 is 0 Å². The SMILES string of the molecule is C[C@H](c1cccc(NC(=O)c2ccccc2)c1)N(C)C(=O)c1ccc2nc[nH]c2c1. The minimum atomic E-state index is -0.177. The van der Waals surface area contributed by atoms with Gasteiger partial charge in [0.1, 0.15) is 0 Å². The molecule has 0 saturated carbocycles. The molecule has 0 spiro atoms. The van der Waals surface area contributed by atoms with Crippen LogP contribution >= 0.6 is 0 Å². The minimum absolute atomic E-state index is 0.0854. The molecule has 2 N–H and O–H groups in total. The van der Waals surface area contributed by atoms with Gasteiger partial charge in [0, 0.05) is 23.9 Å². The molecule has 0 fully saturated rings. The molecule has 0 aliphatic heterocycles. The second kappa shape index (κ2) is 8.21. The molecule has 2 amide bonds. The molecule has 1 atom stereocenters. The van der Waals surface area contributed by atoms with Gasteiger partial charge in [0.15, 0.2) is 0 Å². The maximum Gasteiger partial charge on any atom is 0.255 e. The van der Waals surface area contributed by atoms with Gasteiger partial charge in [-0.05, 0) is 55.0 Å². The van der Waals surface area contributed by atoms with Gasteiger partial charge in [-0.3, -0.25) is 9.59 Å². The van der Waals surface area contributed by atoms with E-state index in [4.69, 9.17) is 0 Å². The van der Waals surface area contributed by atoms with Crippen LogP contribution in [-0.4, -0.2) is 33.7 Å². The lowest BCUT2D eigenvalue weighted by molar-refractivity contribution is 0.0742. The Morgan fingerprint density at radius 2 is 1.77 bits per heavy atom. The number of aromatic nitrogens is 2. The van der Waals surface area contributed by atoms with Gasteiger partial charge in [0.25, 0.3) is 11.8 Å². The highest BCUT2D eigenvalue weighted by Gasteiger charge is 2.20. The summed E-state index contributed by atoms with van der Waals surface area (Å²) >= 11 is 0. The number of fused-ring (bicyclic) bond motifs is 1. The lowest BCUT2D eigenvalue weighted by Crippen LogP contribution is -2.29. The van der Waals surface area contributed by atoms with Crippen LogP contribution in [0.25, 0.3) is 11.0 Å². The van der Waals surface area contributed by atoms with Crippen LogP contribution in [-0.2, 0) is 0 Å². The second-order valence-corrected chi connectivity index (χ2v) is 7.17. The molecule has 0 saturated heterocycles. The summed E-state index contributed by atoms with van der Waals surface area (Å²) in [4.78, 5) is 34.3. The minimum Gasteiger partial charge on any atom is -0.345 e. The quantitative estimate of drug-likeness (QED) is 0.514. The maximum atomic E-state index is 13.0. The van der Waals surface area contributed by atoms with Crippen molar-refractivity contribution in [2.24, 2.45) is 0 Å². The number of carbonyl (C=O) groups is 2. The number of nitrogens with zero attached hydrogens (tertiary/aromatic N) is 2. The summed E-state index contributed by atoms with van der Waals surface area (Å²) < 4.78 is 0. The van der Waals surface area contributed by atoms with Crippen LogP contribution < -0.4 is 5.32 Å². The Bertz CT molecular complexity index is 1200. The zero-order valence-electron chi connectivity index (χ0n) is 16.8. The van der Waals surface area contributed by atoms with E-state index < -0.39 is 0 Å². The van der Waals surface area contributed by atoms with Crippen molar-refractivity contribution < 1.29 is 9.59 Å². The molecule has 3 aromatic carbocycles. The molecule has 150 valence electrons. The van der Waals surface area contributed by atoms with Crippen molar-refractivity contribution in [1.82, 2.24) is 14.9 Å². The molecule has 6 nitrogen and oxygen atoms in total. The number of hydrogen-bond donors (Lipinski definition) is 2. The first-order valence-corrected chi connectivity index (χ1v) is 9.69. The molecule has 1 heterocycles. The molecule has 0 radical (unpaired) electrons. The standard InChI is InChI=1S/C24H22N4O2/c1-16(28(2)24(30)19-11-12-21-22(14-19)26-15-25-21)18-9-6-10-20(13-18)27-23(29)17-7-4-3-5-8-17/h3-16H,1-2H3,(H,25,26)(H,27,29)/t16-/m1/s1. The van der Waals surface area contributed by atoms with Crippen LogP contribution in [0.2, 0.25) is 0 Å². The lowest BCUT2D eigenvalue weighted by atomic mass is 10.0. The molecule has 0 unspecified atom stereocenters. The summed E-state index contributed by atoms with van der Waals surface area (Å²) in [5, 5.41) is 2.92. The van der Waals surface area contributed by atoms with Crippen LogP contribution in [0.3, 0.4) is 0 Å². The summed E-state index contributed by atoms with van der Waals surface area (Å²) in [6.45, 7) is 1.96. The third kappa shape index (κ3) is 3.93. The molecular formula is C24H22N4O2. The summed E-state index contributed by atoms with van der Waals surface area (Å²) in [6.07, 6.45) is 1.61. The average molecular weight is 398 g/mol. The smallest absolute Gasteiger partial charge is 0.255 e. The van der Waals surface area contributed by atoms with Gasteiger partial charge in [-0.2, -0.15) is 0 Å². The number of imidazole rings is 1. The van der Waals surface area contributed by atoms with Crippen molar-refractivity contribution in [3.63, 3.8) is 0 Å². The van der Waals surface area contributed by atoms with E-state index in [9.17, 15) is 9.59 Å². The highest BCUT2D eigenvalue weighted by atomic mass is 16.2. The summed E-state index contributed by atoms with van der Waals surface area (Å²) in [5.41, 5.74) is 4.45. The van der Waals surface area contributed by atoms with Crippen LogP contribution in [0.4, 0.5) is 5.69 Å². The van der Waals surface area contributed by atoms with E-state index in [2.05, 4.69) is 15.3 Å². The molecule has 0 aliphatic carbocycles. The third-order valence-electron chi connectivity index (χ3n) is 5.23. The molecule has 4 aromatic rings. The molecule has 1 aromatic heterocycles. The van der Waals surface area contributed by atoms with Crippen molar-refractivity contribution in [2.75, 3.05) is 12.4 Å². The fraction of sp³-hybridized carbons (Fsp3) is 0.125. The van der Waals surface area contributed by atoms with Gasteiger partial charge in [-0.25, -0.2) is 4.98 Å². The zero-order valence-corrected chi connectivity index (χ0v) is 16.8. The highest BCUT2D eigenvalue weighted by molar-refractivity contribution is 6.04. The van der Waals surface area contributed by atoms with Crippen molar-refractivity contribution in [1.29, 1.82) is 0 Å². The highest BCUT2D eigenvalue weighted by Crippen LogP contribution is 2.24. The lowest BCUT2D eigenvalue weighted by Gasteiger charge is -2.26. The number of aromatic amines is 1. The molecular weight excluding hydrogens is 376 g/mol. The van der Waals surface area contributed by atoms with E-state index in [1.54, 1.807) is 36.5 Å². The van der Waals surface area contributed by atoms with Gasteiger partial charge in [-0.1, -0.05) is 30.3 Å². The molecule has 4 rings (SSSR count). The number of anilines is 1. The normalized spacial score (nSPS) is 11.8. The Morgan fingerprint density at radius 1 is 0.967 bits per heavy atom. The molecule has 0 bridgehead atoms. The Balaban J connectivity index is 1.51. The maximum absolute atomic E-state index is 13.0. The Hall–Kier alpha value is -3.93. The first-order chi connectivity index (χ1) is 14.5. The van der Waals surface area contributed by atoms with E-state index >= 15 is 0 Å². The fourth-order valence-corrected chi connectivity index (χ4v) is 3.34. The topological polar surface area (TPSA) is 78.1 Å². The van der Waals surface area contributed by atoms with Crippen molar-refractivity contribution in [3.8, 4) is 0 Å². The Kier molecular flexibility index (Phi) is 5.30. The van der Waals surface area contributed by atoms with Gasteiger partial charge in [0.05, 0.1) is 23.4 Å². The van der Waals surface area contributed by atoms with E-state index in [0.717, 1.165) is 16.6 Å². The van der Waals surface area contributed by atoms with Gasteiger partial charge in [0.2, 0.25) is 0 Å². The number of amides is 2. The average Bonchev–Trinajstić information content (AvgIpc) is 3.26. The Morgan fingerprint density at radius 3 is 2.57 bits per heavy atom. The number of hydrogen-bond acceptors (Lipinski definition) is 3. The van der Waals surface area contributed by atoms with Crippen molar-refractivity contribution in [3.05, 3.63) is 95.8 Å². The predicted octanol–water partition coefficient (Wildman–Crippen LogP) is 4.65. The molecule has 6 heteroatoms. The number of nitrogens with one attached hydrogen (secondary N) is 2. The summed E-state index contributed by atoms with van der Waals surface area (Å²) in [7, 11) is 1.78. The second-order valence-electron chi connectivity index (χ2n) is 7.17. The summed E-state index contributed by atoms with van der Waals surface area (Å²) in [5.74, 6) is -0.254. The van der Waals surface area contributed by atoms with Gasteiger partial charge in [-0.15, -0.1) is 0 Å². The summed E-state index contributed by atoms with van der Waals surface area (Å²) in [6, 6.07) is 21.9. The van der Waals surface area contributed by atoms with Gasteiger partial charge < -0.3 is 15.2 Å². The van der Waals surface area contributed by atoms with E-state index in [-0.39, 0.29) is 17.9 Å². The Labute approximate surface area is 174 Å². The van der Waals surface area contributed by atoms with Crippen molar-refractivity contribution >= 4 is 28.5 Å². The van der Waals surface area contributed by atoms with Crippen LogP contribution in [0.1, 0.15) is 39.2 Å². The number of benzene rings is 3. The fourth-order valence-electron chi connectivity index (χ4n) is 3.34. The van der Waals surface area contributed by atoms with Crippen LogP contribution in [0.15, 0.2) is 79.1 Å². The molecule has 30 heavy (non-hydrogen) atoms. The van der Waals surface area contributed by atoms with E-state index in [1.807, 2.05) is 61.5 Å². The largest absolute Gasteiger partial charge is 0.345 e. The number of H-pyrrole nitrogens is 1. The molecule has 0 aliphatic rings. The number of carbonyl (C=O) groups excluding carboxylic acids is 2. The van der Waals surface area contributed by atoms with Crippen LogP contribution in [0.5, 0.6) is 0 Å². The number of rotatable bonds is 5. The predicted molar refractivity (Wildman–Crippen MR) is 117 cm³/mol. The first kappa shape index (κ1) is 19.4. The van der Waals surface area contributed by atoms with Crippen molar-refractivity contribution in [2.45, 2.75) is 13.0 Å². The monoisotopic (exact) mass is 398 g/mol. The van der Waals surface area contributed by atoms with E-state index in [0.29, 0.717) is 16.8 Å².